The second kappa shape index (κ2) is 6.00. The molecule has 0 saturated carbocycles. The summed E-state index contributed by atoms with van der Waals surface area (Å²) < 4.78 is 13.6. The van der Waals surface area contributed by atoms with Crippen LogP contribution in [0, 0.1) is 17.1 Å². The van der Waals surface area contributed by atoms with E-state index in [0.717, 1.165) is 0 Å². The van der Waals surface area contributed by atoms with Crippen molar-refractivity contribution in [2.24, 2.45) is 0 Å². The highest BCUT2D eigenvalue weighted by Gasteiger charge is 2.11. The number of rotatable bonds is 4. The summed E-state index contributed by atoms with van der Waals surface area (Å²) in [5.74, 6) is 0.427. The maximum atomic E-state index is 13.6. The Kier molecular flexibility index (Phi) is 4.13. The van der Waals surface area contributed by atoms with Gasteiger partial charge in [-0.3, -0.25) is 0 Å². The Bertz CT molecular complexity index is 693. The monoisotopic (exact) mass is 287 g/mol. The quantitative estimate of drug-likeness (QED) is 0.885. The van der Waals surface area contributed by atoms with Crippen LogP contribution in [0.25, 0.3) is 0 Å². The van der Waals surface area contributed by atoms with Crippen LogP contribution in [-0.2, 0) is 0 Å². The average Bonchev–Trinajstić information content (AvgIpc) is 2.47. The molecule has 1 aromatic carbocycles. The van der Waals surface area contributed by atoms with Gasteiger partial charge in [0.25, 0.3) is 0 Å². The number of benzene rings is 1. The average molecular weight is 287 g/mol. The molecule has 0 spiro atoms. The number of nitrogens with one attached hydrogen (secondary N) is 2. The summed E-state index contributed by atoms with van der Waals surface area (Å²) in [6, 6.07) is 6.13. The van der Waals surface area contributed by atoms with E-state index in [2.05, 4.69) is 25.6 Å². The van der Waals surface area contributed by atoms with E-state index < -0.39 is 5.82 Å². The second-order valence-electron chi connectivity index (χ2n) is 4.33. The summed E-state index contributed by atoms with van der Waals surface area (Å²) in [5, 5.41) is 14.7. The predicted molar refractivity (Wildman–Crippen MR) is 78.1 cm³/mol. The van der Waals surface area contributed by atoms with Crippen LogP contribution >= 0.6 is 0 Å². The first kappa shape index (κ1) is 14.5. The lowest BCUT2D eigenvalue weighted by atomic mass is 10.2. The molecule has 0 amide bonds. The zero-order valence-corrected chi connectivity index (χ0v) is 11.8. The molecular weight excluding hydrogens is 273 g/mol. The minimum absolute atomic E-state index is 0.0877. The number of aromatic nitrogens is 3. The highest BCUT2D eigenvalue weighted by atomic mass is 19.1. The fourth-order valence-electron chi connectivity index (χ4n) is 1.59. The highest BCUT2D eigenvalue weighted by molar-refractivity contribution is 5.64. The zero-order chi connectivity index (χ0) is 15.4. The number of nitriles is 1. The van der Waals surface area contributed by atoms with Crippen LogP contribution in [0.5, 0.6) is 0 Å². The SMILES string of the molecule is CNc1nc(Nc2cccc(F)c2C#N)nc(N(C)C)n1. The zero-order valence-electron chi connectivity index (χ0n) is 11.8. The van der Waals surface area contributed by atoms with Crippen molar-refractivity contribution in [3.05, 3.63) is 29.6 Å². The normalized spacial score (nSPS) is 9.86. The van der Waals surface area contributed by atoms with E-state index in [1.807, 2.05) is 6.07 Å². The van der Waals surface area contributed by atoms with Gasteiger partial charge in [0.05, 0.1) is 5.69 Å². The molecule has 0 fully saturated rings. The van der Waals surface area contributed by atoms with Gasteiger partial charge in [0.15, 0.2) is 0 Å². The van der Waals surface area contributed by atoms with Gasteiger partial charge in [-0.2, -0.15) is 20.2 Å². The lowest BCUT2D eigenvalue weighted by molar-refractivity contribution is 0.624. The van der Waals surface area contributed by atoms with Crippen molar-refractivity contribution in [3.8, 4) is 6.07 Å². The van der Waals surface area contributed by atoms with Gasteiger partial charge in [-0.1, -0.05) is 6.07 Å². The van der Waals surface area contributed by atoms with E-state index in [1.54, 1.807) is 32.1 Å². The third-order valence-corrected chi connectivity index (χ3v) is 2.62. The lowest BCUT2D eigenvalue weighted by Crippen LogP contribution is -2.15. The molecule has 7 nitrogen and oxygen atoms in total. The Morgan fingerprint density at radius 2 is 1.90 bits per heavy atom. The first-order chi connectivity index (χ1) is 10.0. The maximum absolute atomic E-state index is 13.6. The molecule has 2 rings (SSSR count). The molecule has 0 unspecified atom stereocenters. The van der Waals surface area contributed by atoms with Crippen LogP contribution < -0.4 is 15.5 Å². The third-order valence-electron chi connectivity index (χ3n) is 2.62. The molecule has 2 N–H and O–H groups in total. The van der Waals surface area contributed by atoms with Crippen molar-refractivity contribution in [1.82, 2.24) is 15.0 Å². The topological polar surface area (TPSA) is 89.8 Å². The van der Waals surface area contributed by atoms with Crippen LogP contribution in [0.3, 0.4) is 0 Å². The summed E-state index contributed by atoms with van der Waals surface area (Å²) in [7, 11) is 5.27. The Labute approximate surface area is 121 Å². The van der Waals surface area contributed by atoms with Crippen LogP contribution in [-0.4, -0.2) is 36.1 Å². The fraction of sp³-hybridized carbons (Fsp3) is 0.231. The summed E-state index contributed by atoms with van der Waals surface area (Å²) >= 11 is 0. The Hall–Kier alpha value is -2.95. The molecular formula is C13H14FN7. The van der Waals surface area contributed by atoms with E-state index >= 15 is 0 Å². The smallest absolute Gasteiger partial charge is 0.233 e. The molecule has 0 bridgehead atoms. The van der Waals surface area contributed by atoms with Gasteiger partial charge in [0, 0.05) is 21.1 Å². The highest BCUT2D eigenvalue weighted by Crippen LogP contribution is 2.22. The van der Waals surface area contributed by atoms with Crippen LogP contribution in [0.15, 0.2) is 18.2 Å². The van der Waals surface area contributed by atoms with Crippen LogP contribution in [0.2, 0.25) is 0 Å². The molecule has 0 aliphatic carbocycles. The van der Waals surface area contributed by atoms with Crippen molar-refractivity contribution >= 4 is 23.5 Å². The second-order valence-corrected chi connectivity index (χ2v) is 4.33. The third kappa shape index (κ3) is 3.14. The largest absolute Gasteiger partial charge is 0.357 e. The van der Waals surface area contributed by atoms with Crippen LogP contribution in [0.1, 0.15) is 5.56 Å². The summed E-state index contributed by atoms with van der Waals surface area (Å²) in [6.07, 6.45) is 0. The first-order valence-electron chi connectivity index (χ1n) is 6.12. The fourth-order valence-corrected chi connectivity index (χ4v) is 1.59. The van der Waals surface area contributed by atoms with E-state index in [-0.39, 0.29) is 11.5 Å². The van der Waals surface area contributed by atoms with Gasteiger partial charge in [0.2, 0.25) is 17.8 Å². The molecule has 0 radical (unpaired) electrons. The van der Waals surface area contributed by atoms with Crippen LogP contribution in [0.4, 0.5) is 27.9 Å². The molecule has 0 atom stereocenters. The molecule has 0 aliphatic rings. The molecule has 21 heavy (non-hydrogen) atoms. The molecule has 2 aromatic rings. The van der Waals surface area contributed by atoms with Crippen molar-refractivity contribution in [3.63, 3.8) is 0 Å². The number of halogens is 1. The van der Waals surface area contributed by atoms with E-state index in [9.17, 15) is 4.39 Å². The number of hydrogen-bond acceptors (Lipinski definition) is 7. The molecule has 0 aliphatic heterocycles. The van der Waals surface area contributed by atoms with Crippen molar-refractivity contribution in [2.75, 3.05) is 36.7 Å². The Morgan fingerprint density at radius 1 is 1.19 bits per heavy atom. The Morgan fingerprint density at radius 3 is 2.52 bits per heavy atom. The minimum Gasteiger partial charge on any atom is -0.357 e. The number of nitrogens with zero attached hydrogens (tertiary/aromatic N) is 5. The van der Waals surface area contributed by atoms with Crippen molar-refractivity contribution < 1.29 is 4.39 Å². The summed E-state index contributed by atoms with van der Waals surface area (Å²) in [4.78, 5) is 14.2. The van der Waals surface area contributed by atoms with Crippen molar-refractivity contribution in [2.45, 2.75) is 0 Å². The molecule has 0 saturated heterocycles. The standard InChI is InChI=1S/C13H14FN7/c1-16-11-18-12(20-13(19-11)21(2)3)17-10-6-4-5-9(14)8(10)7-15/h4-6H,1-3H3,(H2,16,17,18,19,20). The lowest BCUT2D eigenvalue weighted by Gasteiger charge is -2.13. The first-order valence-corrected chi connectivity index (χ1v) is 6.12. The molecule has 108 valence electrons. The summed E-state index contributed by atoms with van der Waals surface area (Å²) in [6.45, 7) is 0. The van der Waals surface area contributed by atoms with Gasteiger partial charge < -0.3 is 15.5 Å². The molecule has 8 heteroatoms. The molecule has 1 aromatic heterocycles. The van der Waals surface area contributed by atoms with E-state index in [1.165, 1.54) is 12.1 Å². The Balaban J connectivity index is 2.42. The number of hydrogen-bond donors (Lipinski definition) is 2. The summed E-state index contributed by atoms with van der Waals surface area (Å²) in [5.41, 5.74) is 0.214. The van der Waals surface area contributed by atoms with E-state index in [0.29, 0.717) is 17.6 Å². The predicted octanol–water partition coefficient (Wildman–Crippen LogP) is 1.73. The van der Waals surface area contributed by atoms with Gasteiger partial charge in [-0.25, -0.2) is 4.39 Å². The molecule has 1 heterocycles. The van der Waals surface area contributed by atoms with Gasteiger partial charge in [-0.15, -0.1) is 0 Å². The number of anilines is 4. The van der Waals surface area contributed by atoms with Gasteiger partial charge >= 0.3 is 0 Å². The maximum Gasteiger partial charge on any atom is 0.233 e. The van der Waals surface area contributed by atoms with Gasteiger partial charge in [-0.05, 0) is 12.1 Å². The minimum atomic E-state index is -0.599. The van der Waals surface area contributed by atoms with Gasteiger partial charge in [0.1, 0.15) is 17.4 Å². The van der Waals surface area contributed by atoms with Crippen molar-refractivity contribution in [1.29, 1.82) is 5.26 Å². The van der Waals surface area contributed by atoms with E-state index in [4.69, 9.17) is 5.26 Å².